The number of phenols is 1. The smallest absolute Gasteiger partial charge is 0.308 e. The first-order valence-electron chi connectivity index (χ1n) is 10.8. The molecule has 5 heteroatoms. The third kappa shape index (κ3) is 3.93. The summed E-state index contributed by atoms with van der Waals surface area (Å²) >= 11 is 0. The molecule has 0 bridgehead atoms. The summed E-state index contributed by atoms with van der Waals surface area (Å²) in [4.78, 5) is 26.3. The van der Waals surface area contributed by atoms with Gasteiger partial charge in [-0.25, -0.2) is 0 Å². The Labute approximate surface area is 177 Å². The molecule has 0 aromatic heterocycles. The first-order chi connectivity index (χ1) is 14.5. The van der Waals surface area contributed by atoms with E-state index in [4.69, 9.17) is 4.74 Å². The van der Waals surface area contributed by atoms with Gasteiger partial charge in [0, 0.05) is 31.0 Å². The molecule has 1 heterocycles. The molecule has 2 aromatic carbocycles. The summed E-state index contributed by atoms with van der Waals surface area (Å²) in [5.74, 6) is 0.305. The zero-order chi connectivity index (χ0) is 21.1. The average Bonchev–Trinajstić information content (AvgIpc) is 3.40. The molecular weight excluding hydrogens is 378 g/mol. The number of rotatable bonds is 5. The first kappa shape index (κ1) is 20.5. The van der Waals surface area contributed by atoms with Crippen molar-refractivity contribution in [3.05, 3.63) is 59.7 Å². The van der Waals surface area contributed by atoms with Crippen molar-refractivity contribution < 1.29 is 19.4 Å². The maximum absolute atomic E-state index is 12.9. The van der Waals surface area contributed by atoms with Crippen LogP contribution in [0, 0.1) is 5.92 Å². The number of carbonyl (C=O) groups is 2. The molecule has 158 valence electrons. The number of benzene rings is 2. The fourth-order valence-corrected chi connectivity index (χ4v) is 5.38. The number of aromatic hydroxyl groups is 1. The second-order valence-electron chi connectivity index (χ2n) is 8.60. The van der Waals surface area contributed by atoms with Gasteiger partial charge in [0.25, 0.3) is 0 Å². The lowest BCUT2D eigenvalue weighted by molar-refractivity contribution is -0.132. The molecule has 1 saturated carbocycles. The van der Waals surface area contributed by atoms with Crippen LogP contribution < -0.4 is 4.74 Å². The molecule has 1 saturated heterocycles. The highest BCUT2D eigenvalue weighted by Gasteiger charge is 2.47. The summed E-state index contributed by atoms with van der Waals surface area (Å²) in [6, 6.07) is 15.3. The number of phenolic OH excluding ortho intramolecular Hbond substituents is 1. The third-order valence-corrected chi connectivity index (χ3v) is 6.81. The van der Waals surface area contributed by atoms with E-state index >= 15 is 0 Å². The predicted molar refractivity (Wildman–Crippen MR) is 114 cm³/mol. The van der Waals surface area contributed by atoms with Gasteiger partial charge < -0.3 is 14.7 Å². The van der Waals surface area contributed by atoms with Crippen molar-refractivity contribution in [2.45, 2.75) is 50.9 Å². The molecule has 0 unspecified atom stereocenters. The summed E-state index contributed by atoms with van der Waals surface area (Å²) in [6.45, 7) is 2.80. The number of para-hydroxylation sites is 1. The zero-order valence-electron chi connectivity index (χ0n) is 17.5. The van der Waals surface area contributed by atoms with Crippen LogP contribution in [0.25, 0.3) is 0 Å². The highest BCUT2D eigenvalue weighted by atomic mass is 16.5. The number of nitrogens with zero attached hydrogens (tertiary/aromatic N) is 1. The van der Waals surface area contributed by atoms with Crippen molar-refractivity contribution in [3.8, 4) is 11.5 Å². The number of esters is 1. The Morgan fingerprint density at radius 1 is 1.10 bits per heavy atom. The number of likely N-dealkylation sites (tertiary alicyclic amines) is 1. The Morgan fingerprint density at radius 3 is 2.53 bits per heavy atom. The van der Waals surface area contributed by atoms with E-state index in [2.05, 4.69) is 0 Å². The van der Waals surface area contributed by atoms with Crippen LogP contribution in [-0.4, -0.2) is 35.0 Å². The monoisotopic (exact) mass is 407 g/mol. The minimum Gasteiger partial charge on any atom is -0.504 e. The summed E-state index contributed by atoms with van der Waals surface area (Å²) in [7, 11) is 0. The van der Waals surface area contributed by atoms with Crippen molar-refractivity contribution in [2.75, 3.05) is 13.1 Å². The fraction of sp³-hybridized carbons (Fsp3) is 0.440. The summed E-state index contributed by atoms with van der Waals surface area (Å²) in [5, 5.41) is 10.9. The van der Waals surface area contributed by atoms with Gasteiger partial charge in [-0.2, -0.15) is 0 Å². The normalized spacial score (nSPS) is 20.3. The van der Waals surface area contributed by atoms with Crippen molar-refractivity contribution >= 4 is 11.9 Å². The van der Waals surface area contributed by atoms with E-state index in [0.29, 0.717) is 18.9 Å². The maximum Gasteiger partial charge on any atom is 0.308 e. The van der Waals surface area contributed by atoms with Crippen molar-refractivity contribution in [1.29, 1.82) is 0 Å². The summed E-state index contributed by atoms with van der Waals surface area (Å²) < 4.78 is 5.23. The van der Waals surface area contributed by atoms with Gasteiger partial charge in [0.05, 0.1) is 6.42 Å². The van der Waals surface area contributed by atoms with Crippen LogP contribution in [0.4, 0.5) is 0 Å². The molecule has 1 amide bonds. The van der Waals surface area contributed by atoms with Gasteiger partial charge >= 0.3 is 5.97 Å². The van der Waals surface area contributed by atoms with Gasteiger partial charge in [-0.1, -0.05) is 55.3 Å². The summed E-state index contributed by atoms with van der Waals surface area (Å²) in [5.41, 5.74) is 1.72. The molecule has 5 nitrogen and oxygen atoms in total. The highest BCUT2D eigenvalue weighted by Crippen LogP contribution is 2.53. The third-order valence-electron chi connectivity index (χ3n) is 6.81. The number of carbonyl (C=O) groups excluding carboxylic acids is 2. The molecule has 0 spiro atoms. The van der Waals surface area contributed by atoms with E-state index in [1.54, 1.807) is 6.07 Å². The Hall–Kier alpha value is -2.82. The van der Waals surface area contributed by atoms with E-state index in [1.165, 1.54) is 6.92 Å². The molecule has 2 fully saturated rings. The van der Waals surface area contributed by atoms with Crippen molar-refractivity contribution in [2.24, 2.45) is 5.92 Å². The topological polar surface area (TPSA) is 66.8 Å². The second-order valence-corrected chi connectivity index (χ2v) is 8.60. The van der Waals surface area contributed by atoms with Crippen molar-refractivity contribution in [3.63, 3.8) is 0 Å². The number of amides is 1. The van der Waals surface area contributed by atoms with Crippen LogP contribution in [-0.2, 0) is 21.4 Å². The molecule has 1 N–H and O–H groups in total. The Kier molecular flexibility index (Phi) is 5.80. The quantitative estimate of drug-likeness (QED) is 0.595. The molecule has 1 aliphatic heterocycles. The maximum atomic E-state index is 12.9. The lowest BCUT2D eigenvalue weighted by Gasteiger charge is -2.36. The molecule has 1 aliphatic carbocycles. The van der Waals surface area contributed by atoms with Gasteiger partial charge in [0.2, 0.25) is 5.91 Å². The van der Waals surface area contributed by atoms with Gasteiger partial charge in [-0.3, -0.25) is 9.59 Å². The van der Waals surface area contributed by atoms with Crippen LogP contribution in [0.15, 0.2) is 48.5 Å². The van der Waals surface area contributed by atoms with Crippen LogP contribution in [0.1, 0.15) is 50.2 Å². The van der Waals surface area contributed by atoms with Gasteiger partial charge in [0.1, 0.15) is 0 Å². The SMILES string of the molecule is CC(=O)Oc1cccc(C2([C@@H]3CCN(C(=O)Cc4ccccc4)C3)CCCC2)c1O. The van der Waals surface area contributed by atoms with Crippen LogP contribution in [0.3, 0.4) is 0 Å². The molecule has 4 rings (SSSR count). The standard InChI is InChI=1S/C25H29NO4/c1-18(27)30-22-11-7-10-21(24(22)29)25(13-5-6-14-25)20-12-15-26(17-20)23(28)16-19-8-3-2-4-9-19/h2-4,7-11,20,29H,5-6,12-17H2,1H3/t20-/m1/s1. The molecule has 30 heavy (non-hydrogen) atoms. The van der Waals surface area contributed by atoms with Crippen LogP contribution in [0.2, 0.25) is 0 Å². The second kappa shape index (κ2) is 8.50. The van der Waals surface area contributed by atoms with E-state index in [9.17, 15) is 14.7 Å². The highest BCUT2D eigenvalue weighted by molar-refractivity contribution is 5.79. The van der Waals surface area contributed by atoms with Crippen LogP contribution in [0.5, 0.6) is 11.5 Å². The molecule has 2 aliphatic rings. The number of hydrogen-bond donors (Lipinski definition) is 1. The summed E-state index contributed by atoms with van der Waals surface area (Å²) in [6.07, 6.45) is 5.52. The Bertz CT molecular complexity index is 918. The minimum atomic E-state index is -0.443. The fourth-order valence-electron chi connectivity index (χ4n) is 5.38. The molecule has 2 aromatic rings. The zero-order valence-corrected chi connectivity index (χ0v) is 17.5. The molecule has 1 atom stereocenters. The molecular formula is C25H29NO4. The Morgan fingerprint density at radius 2 is 1.83 bits per heavy atom. The van der Waals surface area contributed by atoms with E-state index in [1.807, 2.05) is 47.4 Å². The van der Waals surface area contributed by atoms with E-state index in [0.717, 1.165) is 49.8 Å². The largest absolute Gasteiger partial charge is 0.504 e. The van der Waals surface area contributed by atoms with E-state index in [-0.39, 0.29) is 22.8 Å². The van der Waals surface area contributed by atoms with Gasteiger partial charge in [-0.05, 0) is 36.8 Å². The first-order valence-corrected chi connectivity index (χ1v) is 10.8. The minimum absolute atomic E-state index is 0.0728. The van der Waals surface area contributed by atoms with Crippen molar-refractivity contribution in [1.82, 2.24) is 4.90 Å². The van der Waals surface area contributed by atoms with Crippen LogP contribution >= 0.6 is 0 Å². The lowest BCUT2D eigenvalue weighted by Crippen LogP contribution is -2.37. The van der Waals surface area contributed by atoms with Gasteiger partial charge in [0.15, 0.2) is 11.5 Å². The number of hydrogen-bond acceptors (Lipinski definition) is 4. The van der Waals surface area contributed by atoms with E-state index < -0.39 is 5.97 Å². The molecule has 0 radical (unpaired) electrons. The number of ether oxygens (including phenoxy) is 1. The lowest BCUT2D eigenvalue weighted by atomic mass is 9.68. The predicted octanol–water partition coefficient (Wildman–Crippen LogP) is 4.22. The van der Waals surface area contributed by atoms with Gasteiger partial charge in [-0.15, -0.1) is 0 Å². The average molecular weight is 408 g/mol. The Balaban J connectivity index is 1.55.